The van der Waals surface area contributed by atoms with E-state index in [2.05, 4.69) is 12.8 Å². The van der Waals surface area contributed by atoms with Gasteiger partial charge in [0.15, 0.2) is 0 Å². The zero-order valence-corrected chi connectivity index (χ0v) is 7.36. The predicted molar refractivity (Wildman–Crippen MR) is 46.7 cm³/mol. The van der Waals surface area contributed by atoms with Crippen LogP contribution in [0.25, 0.3) is 0 Å². The van der Waals surface area contributed by atoms with E-state index in [0.717, 1.165) is 38.9 Å². The molecular weight excluding hydrogens is 136 g/mol. The van der Waals surface area contributed by atoms with Crippen molar-refractivity contribution in [2.75, 3.05) is 13.2 Å². The third kappa shape index (κ3) is 9.52. The Labute approximate surface area is 70.1 Å². The first-order valence-corrected chi connectivity index (χ1v) is 4.39. The quantitative estimate of drug-likeness (QED) is 0.403. The van der Waals surface area contributed by atoms with E-state index in [9.17, 15) is 0 Å². The smallest absolute Gasteiger partial charge is 0.0466 e. The van der Waals surface area contributed by atoms with E-state index in [1.807, 2.05) is 0 Å². The molecule has 1 radical (unpaired) electrons. The molecule has 0 heterocycles. The summed E-state index contributed by atoms with van der Waals surface area (Å²) in [6.45, 7) is 3.90. The summed E-state index contributed by atoms with van der Waals surface area (Å²) < 4.78 is 5.33. The van der Waals surface area contributed by atoms with Gasteiger partial charge in [0.05, 0.1) is 0 Å². The molecule has 0 aliphatic heterocycles. The fraction of sp³-hybridized carbons (Fsp3) is 0.800. The molecule has 0 rings (SSSR count). The molecule has 0 atom stereocenters. The summed E-state index contributed by atoms with van der Waals surface area (Å²) in [7, 11) is 0. The highest BCUT2D eigenvalue weighted by Gasteiger charge is 1.87. The lowest BCUT2D eigenvalue weighted by Crippen LogP contribution is -1.95. The summed E-state index contributed by atoms with van der Waals surface area (Å²) in [6.07, 6.45) is 11.9. The molecule has 0 unspecified atom stereocenters. The fourth-order valence-electron chi connectivity index (χ4n) is 0.766. The molecule has 11 heavy (non-hydrogen) atoms. The van der Waals surface area contributed by atoms with Crippen molar-refractivity contribution in [2.45, 2.75) is 39.0 Å². The van der Waals surface area contributed by atoms with Crippen molar-refractivity contribution in [2.24, 2.45) is 0 Å². The molecule has 0 amide bonds. The second-order valence-corrected chi connectivity index (χ2v) is 2.60. The lowest BCUT2D eigenvalue weighted by Gasteiger charge is -2.00. The molecular formula is C10H17O. The molecule has 0 bridgehead atoms. The van der Waals surface area contributed by atoms with E-state index in [1.165, 1.54) is 6.42 Å². The first-order chi connectivity index (χ1) is 5.41. The molecule has 0 aromatic heterocycles. The van der Waals surface area contributed by atoms with E-state index >= 15 is 0 Å². The van der Waals surface area contributed by atoms with E-state index in [-0.39, 0.29) is 0 Å². The van der Waals surface area contributed by atoms with Gasteiger partial charge in [0.2, 0.25) is 0 Å². The molecule has 0 aromatic carbocycles. The van der Waals surface area contributed by atoms with Gasteiger partial charge in [0, 0.05) is 19.6 Å². The molecule has 1 nitrogen and oxygen atoms in total. The lowest BCUT2D eigenvalue weighted by molar-refractivity contribution is 0.128. The van der Waals surface area contributed by atoms with Gasteiger partial charge < -0.3 is 4.74 Å². The average Bonchev–Trinajstić information content (AvgIpc) is 2.03. The maximum absolute atomic E-state index is 6.66. The molecule has 63 valence electrons. The van der Waals surface area contributed by atoms with Gasteiger partial charge in [-0.1, -0.05) is 19.3 Å². The molecule has 0 saturated carbocycles. The highest BCUT2D eigenvalue weighted by molar-refractivity contribution is 4.74. The summed E-state index contributed by atoms with van der Waals surface area (Å²) >= 11 is 0. The van der Waals surface area contributed by atoms with E-state index in [4.69, 9.17) is 11.2 Å². The minimum Gasteiger partial charge on any atom is -0.381 e. The van der Waals surface area contributed by atoms with Crippen molar-refractivity contribution >= 4 is 0 Å². The molecule has 0 aliphatic rings. The molecule has 1 heteroatoms. The number of unbranched alkanes of at least 4 members (excludes halogenated alkanes) is 3. The number of rotatable bonds is 7. The Bertz CT molecular complexity index is 102. The van der Waals surface area contributed by atoms with Crippen LogP contribution in [0.3, 0.4) is 0 Å². The number of hydrogen-bond acceptors (Lipinski definition) is 1. The van der Waals surface area contributed by atoms with Gasteiger partial charge in [-0.05, 0) is 25.7 Å². The van der Waals surface area contributed by atoms with E-state index in [0.29, 0.717) is 0 Å². The minimum atomic E-state index is 0.775. The Hall–Kier alpha value is -0.480. The van der Waals surface area contributed by atoms with Crippen molar-refractivity contribution in [1.29, 1.82) is 0 Å². The molecule has 0 aliphatic carbocycles. The van der Waals surface area contributed by atoms with E-state index in [1.54, 1.807) is 0 Å². The van der Waals surface area contributed by atoms with Gasteiger partial charge in [-0.25, -0.2) is 0 Å². The van der Waals surface area contributed by atoms with Crippen LogP contribution in [0.15, 0.2) is 0 Å². The van der Waals surface area contributed by atoms with Crippen LogP contribution in [-0.4, -0.2) is 13.2 Å². The van der Waals surface area contributed by atoms with Gasteiger partial charge in [-0.15, -0.1) is 0 Å². The average molecular weight is 153 g/mol. The molecule has 0 spiro atoms. The fourth-order valence-corrected chi connectivity index (χ4v) is 0.766. The minimum absolute atomic E-state index is 0.775. The van der Waals surface area contributed by atoms with Crippen LogP contribution < -0.4 is 0 Å². The first-order valence-electron chi connectivity index (χ1n) is 4.39. The summed E-state index contributed by atoms with van der Waals surface area (Å²) in [5.41, 5.74) is 0. The van der Waals surface area contributed by atoms with Gasteiger partial charge in [0.1, 0.15) is 0 Å². The van der Waals surface area contributed by atoms with E-state index < -0.39 is 0 Å². The molecule has 0 saturated heterocycles. The Morgan fingerprint density at radius 3 is 2.55 bits per heavy atom. The molecule has 0 fully saturated rings. The zero-order valence-electron chi connectivity index (χ0n) is 7.36. The highest BCUT2D eigenvalue weighted by atomic mass is 16.5. The monoisotopic (exact) mass is 153 g/mol. The van der Waals surface area contributed by atoms with Crippen molar-refractivity contribution in [1.82, 2.24) is 0 Å². The zero-order chi connectivity index (χ0) is 8.36. The SMILES string of the molecule is [C]#CCCCCOCCCC. The van der Waals surface area contributed by atoms with Crippen LogP contribution >= 0.6 is 0 Å². The van der Waals surface area contributed by atoms with Crippen molar-refractivity contribution in [3.8, 4) is 5.92 Å². The molecule has 0 aromatic rings. The summed E-state index contributed by atoms with van der Waals surface area (Å²) in [6, 6.07) is 0. The van der Waals surface area contributed by atoms with Crippen LogP contribution in [-0.2, 0) is 4.74 Å². The van der Waals surface area contributed by atoms with Crippen LogP contribution in [0, 0.1) is 12.3 Å². The topological polar surface area (TPSA) is 9.23 Å². The van der Waals surface area contributed by atoms with Crippen LogP contribution in [0.5, 0.6) is 0 Å². The maximum atomic E-state index is 6.66. The van der Waals surface area contributed by atoms with Crippen molar-refractivity contribution in [3.05, 3.63) is 6.42 Å². The summed E-state index contributed by atoms with van der Waals surface area (Å²) in [4.78, 5) is 0. The van der Waals surface area contributed by atoms with Crippen LogP contribution in [0.1, 0.15) is 39.0 Å². The Morgan fingerprint density at radius 2 is 1.91 bits per heavy atom. The van der Waals surface area contributed by atoms with Crippen molar-refractivity contribution < 1.29 is 4.74 Å². The third-order valence-corrected chi connectivity index (χ3v) is 1.48. The standard InChI is InChI=1S/C10H17O/c1-3-5-7-8-10-11-9-6-4-2/h4-10H2,2H3. The normalized spacial score (nSPS) is 9.45. The van der Waals surface area contributed by atoms with Crippen LogP contribution in [0.2, 0.25) is 0 Å². The van der Waals surface area contributed by atoms with Crippen molar-refractivity contribution in [3.63, 3.8) is 0 Å². The predicted octanol–water partition coefficient (Wildman–Crippen LogP) is 2.56. The maximum Gasteiger partial charge on any atom is 0.0466 e. The first kappa shape index (κ1) is 10.5. The second-order valence-electron chi connectivity index (χ2n) is 2.60. The van der Waals surface area contributed by atoms with Gasteiger partial charge >= 0.3 is 0 Å². The number of hydrogen-bond donors (Lipinski definition) is 0. The Kier molecular flexibility index (Phi) is 9.10. The van der Waals surface area contributed by atoms with Gasteiger partial charge in [0.25, 0.3) is 0 Å². The van der Waals surface area contributed by atoms with Gasteiger partial charge in [-0.2, -0.15) is 0 Å². The Balaban J connectivity index is 2.75. The second kappa shape index (κ2) is 9.52. The van der Waals surface area contributed by atoms with Gasteiger partial charge in [-0.3, -0.25) is 0 Å². The molecule has 0 N–H and O–H groups in total. The summed E-state index contributed by atoms with van der Waals surface area (Å²) in [5.74, 6) is 2.36. The van der Waals surface area contributed by atoms with Crippen LogP contribution in [0.4, 0.5) is 0 Å². The Morgan fingerprint density at radius 1 is 1.18 bits per heavy atom. The third-order valence-electron chi connectivity index (χ3n) is 1.48. The lowest BCUT2D eigenvalue weighted by atomic mass is 10.2. The summed E-state index contributed by atoms with van der Waals surface area (Å²) in [5, 5.41) is 0. The number of ether oxygens (including phenoxy) is 1. The highest BCUT2D eigenvalue weighted by Crippen LogP contribution is 1.95. The largest absolute Gasteiger partial charge is 0.381 e.